The minimum absolute atomic E-state index is 0.0386. The first-order valence-electron chi connectivity index (χ1n) is 9.43. The number of allylic oxidation sites excluding steroid dienone is 1. The summed E-state index contributed by atoms with van der Waals surface area (Å²) in [5.41, 5.74) is 0.838. The zero-order chi connectivity index (χ0) is 18.0. The zero-order valence-corrected chi connectivity index (χ0v) is 15.4. The SMILES string of the molecule is C[C@H](CC[C@]1(C)[C@H](C)CC[C@]2(CO)C(CO)=CCC[C@@H]21)CC(=O)O. The van der Waals surface area contributed by atoms with Crippen molar-refractivity contribution >= 4 is 5.97 Å². The molecule has 2 rings (SSSR count). The number of rotatable bonds is 7. The molecule has 0 aromatic carbocycles. The van der Waals surface area contributed by atoms with Crippen LogP contribution in [0.3, 0.4) is 0 Å². The number of hydrogen-bond donors (Lipinski definition) is 3. The number of carboxylic acids is 1. The molecule has 0 aromatic heterocycles. The molecular formula is C20H34O4. The van der Waals surface area contributed by atoms with Crippen LogP contribution in [-0.2, 0) is 4.79 Å². The first-order valence-corrected chi connectivity index (χ1v) is 9.43. The van der Waals surface area contributed by atoms with Crippen LogP contribution in [0.25, 0.3) is 0 Å². The largest absolute Gasteiger partial charge is 0.481 e. The summed E-state index contributed by atoms with van der Waals surface area (Å²) in [4.78, 5) is 10.9. The van der Waals surface area contributed by atoms with E-state index in [-0.39, 0.29) is 36.4 Å². The minimum Gasteiger partial charge on any atom is -0.481 e. The van der Waals surface area contributed by atoms with E-state index in [0.29, 0.717) is 11.8 Å². The molecule has 0 spiro atoms. The van der Waals surface area contributed by atoms with Crippen LogP contribution in [0.1, 0.15) is 65.7 Å². The molecule has 0 amide bonds. The van der Waals surface area contributed by atoms with E-state index in [1.54, 1.807) is 0 Å². The number of aliphatic hydroxyl groups is 2. The molecule has 138 valence electrons. The first-order chi connectivity index (χ1) is 11.3. The topological polar surface area (TPSA) is 77.8 Å². The summed E-state index contributed by atoms with van der Waals surface area (Å²) >= 11 is 0. The van der Waals surface area contributed by atoms with E-state index in [9.17, 15) is 15.0 Å². The Morgan fingerprint density at radius 3 is 2.67 bits per heavy atom. The summed E-state index contributed by atoms with van der Waals surface area (Å²) < 4.78 is 0. The second-order valence-corrected chi connectivity index (χ2v) is 8.52. The molecule has 3 N–H and O–H groups in total. The Morgan fingerprint density at radius 2 is 2.08 bits per heavy atom. The van der Waals surface area contributed by atoms with Crippen molar-refractivity contribution in [1.29, 1.82) is 0 Å². The standard InChI is InChI=1S/C20H34O4/c1-14(11-18(23)24)7-9-19(3)15(2)8-10-20(13-22)16(12-21)5-4-6-17(19)20/h5,14-15,17,21-22H,4,6-13H2,1-3H3,(H,23,24)/t14-,15-,17-,19-,20+/m1/s1. The molecule has 0 bridgehead atoms. The molecule has 1 fully saturated rings. The van der Waals surface area contributed by atoms with Gasteiger partial charge < -0.3 is 15.3 Å². The number of aliphatic hydroxyl groups excluding tert-OH is 2. The summed E-state index contributed by atoms with van der Waals surface area (Å²) in [6, 6.07) is 0. The maximum Gasteiger partial charge on any atom is 0.303 e. The van der Waals surface area contributed by atoms with Gasteiger partial charge in [0.1, 0.15) is 0 Å². The van der Waals surface area contributed by atoms with Gasteiger partial charge in [-0.3, -0.25) is 4.79 Å². The molecule has 0 heterocycles. The smallest absolute Gasteiger partial charge is 0.303 e. The van der Waals surface area contributed by atoms with Gasteiger partial charge >= 0.3 is 5.97 Å². The van der Waals surface area contributed by atoms with Gasteiger partial charge in [0.25, 0.3) is 0 Å². The molecule has 0 aromatic rings. The lowest BCUT2D eigenvalue weighted by molar-refractivity contribution is -0.138. The fraction of sp³-hybridized carbons (Fsp3) is 0.850. The third-order valence-corrected chi connectivity index (χ3v) is 7.25. The molecule has 0 aliphatic heterocycles. The summed E-state index contributed by atoms with van der Waals surface area (Å²) in [5.74, 6) is 0.366. The van der Waals surface area contributed by atoms with Crippen molar-refractivity contribution in [3.05, 3.63) is 11.6 Å². The van der Waals surface area contributed by atoms with Gasteiger partial charge in [-0.25, -0.2) is 0 Å². The molecule has 4 heteroatoms. The van der Waals surface area contributed by atoms with Gasteiger partial charge in [0.2, 0.25) is 0 Å². The third kappa shape index (κ3) is 3.41. The van der Waals surface area contributed by atoms with E-state index in [1.165, 1.54) is 0 Å². The zero-order valence-electron chi connectivity index (χ0n) is 15.4. The lowest BCUT2D eigenvalue weighted by Gasteiger charge is -2.59. The molecule has 1 saturated carbocycles. The number of carboxylic acid groups (broad SMARTS) is 1. The van der Waals surface area contributed by atoms with E-state index in [4.69, 9.17) is 5.11 Å². The van der Waals surface area contributed by atoms with Gasteiger partial charge in [-0.05, 0) is 67.3 Å². The van der Waals surface area contributed by atoms with Crippen LogP contribution in [0.15, 0.2) is 11.6 Å². The average molecular weight is 338 g/mol. The Kier molecular flexibility index (Phi) is 6.14. The molecule has 0 saturated heterocycles. The monoisotopic (exact) mass is 338 g/mol. The lowest BCUT2D eigenvalue weighted by atomic mass is 9.46. The third-order valence-electron chi connectivity index (χ3n) is 7.25. The molecule has 2 aliphatic rings. The normalized spacial score (nSPS) is 37.5. The maximum absolute atomic E-state index is 10.9. The highest BCUT2D eigenvalue weighted by Crippen LogP contribution is 2.61. The van der Waals surface area contributed by atoms with Crippen LogP contribution < -0.4 is 0 Å². The van der Waals surface area contributed by atoms with E-state index in [2.05, 4.69) is 19.9 Å². The van der Waals surface area contributed by atoms with E-state index >= 15 is 0 Å². The summed E-state index contributed by atoms with van der Waals surface area (Å²) in [7, 11) is 0. The van der Waals surface area contributed by atoms with Gasteiger partial charge in [-0.2, -0.15) is 0 Å². The van der Waals surface area contributed by atoms with E-state index in [0.717, 1.165) is 44.1 Å². The Hall–Kier alpha value is -0.870. The molecule has 24 heavy (non-hydrogen) atoms. The lowest BCUT2D eigenvalue weighted by Crippen LogP contribution is -2.53. The van der Waals surface area contributed by atoms with Crippen molar-refractivity contribution in [3.8, 4) is 0 Å². The predicted molar refractivity (Wildman–Crippen MR) is 94.6 cm³/mol. The molecule has 0 radical (unpaired) electrons. The van der Waals surface area contributed by atoms with Crippen LogP contribution in [0.5, 0.6) is 0 Å². The second-order valence-electron chi connectivity index (χ2n) is 8.52. The van der Waals surface area contributed by atoms with Crippen molar-refractivity contribution in [2.45, 2.75) is 65.7 Å². The molecule has 5 atom stereocenters. The molecular weight excluding hydrogens is 304 g/mol. The Bertz CT molecular complexity index is 486. The summed E-state index contributed by atoms with van der Waals surface area (Å²) in [6.07, 6.45) is 8.28. The van der Waals surface area contributed by atoms with Crippen molar-refractivity contribution < 1.29 is 20.1 Å². The summed E-state index contributed by atoms with van der Waals surface area (Å²) in [5, 5.41) is 29.1. The minimum atomic E-state index is -0.725. The van der Waals surface area contributed by atoms with Gasteiger partial charge in [0.15, 0.2) is 0 Å². The van der Waals surface area contributed by atoms with E-state index in [1.807, 2.05) is 6.92 Å². The van der Waals surface area contributed by atoms with E-state index < -0.39 is 5.97 Å². The predicted octanol–water partition coefficient (Wildman–Crippen LogP) is 3.62. The molecule has 2 aliphatic carbocycles. The van der Waals surface area contributed by atoms with Crippen molar-refractivity contribution in [2.24, 2.45) is 28.6 Å². The summed E-state index contributed by atoms with van der Waals surface area (Å²) in [6.45, 7) is 6.80. The highest BCUT2D eigenvalue weighted by atomic mass is 16.4. The Morgan fingerprint density at radius 1 is 1.38 bits per heavy atom. The van der Waals surface area contributed by atoms with Crippen molar-refractivity contribution in [1.82, 2.24) is 0 Å². The fourth-order valence-electron chi connectivity index (χ4n) is 5.46. The maximum atomic E-state index is 10.9. The van der Waals surface area contributed by atoms with Crippen LogP contribution in [0.2, 0.25) is 0 Å². The van der Waals surface area contributed by atoms with Gasteiger partial charge in [0, 0.05) is 11.8 Å². The van der Waals surface area contributed by atoms with Crippen LogP contribution in [0.4, 0.5) is 0 Å². The van der Waals surface area contributed by atoms with Crippen LogP contribution in [-0.4, -0.2) is 34.5 Å². The highest BCUT2D eigenvalue weighted by molar-refractivity contribution is 5.66. The van der Waals surface area contributed by atoms with Gasteiger partial charge in [-0.1, -0.05) is 26.8 Å². The highest BCUT2D eigenvalue weighted by Gasteiger charge is 2.55. The average Bonchev–Trinajstić information content (AvgIpc) is 2.55. The van der Waals surface area contributed by atoms with Crippen molar-refractivity contribution in [3.63, 3.8) is 0 Å². The number of hydrogen-bond acceptors (Lipinski definition) is 3. The fourth-order valence-corrected chi connectivity index (χ4v) is 5.46. The number of aliphatic carboxylic acids is 1. The van der Waals surface area contributed by atoms with Crippen LogP contribution >= 0.6 is 0 Å². The van der Waals surface area contributed by atoms with Crippen LogP contribution in [0, 0.1) is 28.6 Å². The Labute approximate surface area is 146 Å². The van der Waals surface area contributed by atoms with Crippen molar-refractivity contribution in [2.75, 3.05) is 13.2 Å². The molecule has 0 unspecified atom stereocenters. The number of fused-ring (bicyclic) bond motifs is 1. The Balaban J connectivity index is 2.23. The first kappa shape index (κ1) is 19.5. The number of carbonyl (C=O) groups is 1. The molecule has 4 nitrogen and oxygen atoms in total. The second kappa shape index (κ2) is 7.57. The quantitative estimate of drug-likeness (QED) is 0.620. The van der Waals surface area contributed by atoms with Gasteiger partial charge in [-0.15, -0.1) is 0 Å². The van der Waals surface area contributed by atoms with Gasteiger partial charge in [0.05, 0.1) is 13.2 Å².